The number of benzene rings is 1. The first-order chi connectivity index (χ1) is 9.13. The third kappa shape index (κ3) is 3.56. The maximum Gasteiger partial charge on any atom is 0.0635 e. The second-order valence-electron chi connectivity index (χ2n) is 5.60. The Kier molecular flexibility index (Phi) is 4.57. The zero-order valence-electron chi connectivity index (χ0n) is 11.8. The summed E-state index contributed by atoms with van der Waals surface area (Å²) in [6.07, 6.45) is 3.05. The predicted octanol–water partition coefficient (Wildman–Crippen LogP) is 2.76. The van der Waals surface area contributed by atoms with Crippen LogP contribution < -0.4 is 5.73 Å². The molecular formula is C16H23N3. The van der Waals surface area contributed by atoms with E-state index in [9.17, 15) is 0 Å². The van der Waals surface area contributed by atoms with Gasteiger partial charge in [-0.05, 0) is 32.3 Å². The van der Waals surface area contributed by atoms with Crippen LogP contribution in [0.1, 0.15) is 43.4 Å². The first-order valence-electron chi connectivity index (χ1n) is 7.08. The minimum absolute atomic E-state index is 0.0705. The van der Waals surface area contributed by atoms with Crippen molar-refractivity contribution in [2.75, 3.05) is 6.54 Å². The van der Waals surface area contributed by atoms with E-state index in [0.29, 0.717) is 12.5 Å². The number of nitrogens with zero attached hydrogens (tertiary/aromatic N) is 2. The van der Waals surface area contributed by atoms with E-state index < -0.39 is 0 Å². The van der Waals surface area contributed by atoms with Crippen molar-refractivity contribution in [1.29, 1.82) is 5.26 Å². The minimum atomic E-state index is 0.0705. The van der Waals surface area contributed by atoms with Gasteiger partial charge in [-0.25, -0.2) is 0 Å². The lowest BCUT2D eigenvalue weighted by molar-refractivity contribution is 0.170. The average molecular weight is 257 g/mol. The molecule has 0 amide bonds. The zero-order chi connectivity index (χ0) is 13.8. The summed E-state index contributed by atoms with van der Waals surface area (Å²) < 4.78 is 0. The molecule has 3 nitrogen and oxygen atoms in total. The Labute approximate surface area is 116 Å². The molecule has 1 aromatic rings. The summed E-state index contributed by atoms with van der Waals surface area (Å²) in [7, 11) is 0. The van der Waals surface area contributed by atoms with Crippen LogP contribution in [0.3, 0.4) is 0 Å². The Balaban J connectivity index is 2.24. The van der Waals surface area contributed by atoms with Crippen LogP contribution in [-0.4, -0.2) is 23.5 Å². The molecular weight excluding hydrogens is 234 g/mol. The Bertz CT molecular complexity index is 457. The summed E-state index contributed by atoms with van der Waals surface area (Å²) in [6.45, 7) is 4.99. The maximum absolute atomic E-state index is 8.84. The van der Waals surface area contributed by atoms with Crippen molar-refractivity contribution < 1.29 is 0 Å². The van der Waals surface area contributed by atoms with Crippen molar-refractivity contribution in [1.82, 2.24) is 4.90 Å². The lowest BCUT2D eigenvalue weighted by Gasteiger charge is -2.34. The Hall–Kier alpha value is -1.37. The highest BCUT2D eigenvalue weighted by molar-refractivity contribution is 5.26. The van der Waals surface area contributed by atoms with E-state index in [2.05, 4.69) is 49.1 Å². The van der Waals surface area contributed by atoms with E-state index in [1.807, 2.05) is 0 Å². The van der Waals surface area contributed by atoms with Gasteiger partial charge in [0.1, 0.15) is 0 Å². The highest BCUT2D eigenvalue weighted by atomic mass is 15.2. The van der Waals surface area contributed by atoms with Crippen molar-refractivity contribution in [2.45, 2.75) is 51.2 Å². The van der Waals surface area contributed by atoms with Gasteiger partial charge in [-0.1, -0.05) is 29.8 Å². The van der Waals surface area contributed by atoms with Crippen LogP contribution in [-0.2, 0) is 0 Å². The summed E-state index contributed by atoms with van der Waals surface area (Å²) in [5.41, 5.74) is 8.77. The predicted molar refractivity (Wildman–Crippen MR) is 77.5 cm³/mol. The topological polar surface area (TPSA) is 53.0 Å². The summed E-state index contributed by atoms with van der Waals surface area (Å²) in [6, 6.07) is 11.7. The smallest absolute Gasteiger partial charge is 0.0635 e. The molecule has 2 N–H and O–H groups in total. The SMILES string of the molecule is Cc1cccc(C(C(C)N)N(CCC#N)C2CC2)c1. The Morgan fingerprint density at radius 3 is 2.74 bits per heavy atom. The van der Waals surface area contributed by atoms with Gasteiger partial charge in [0.25, 0.3) is 0 Å². The summed E-state index contributed by atoms with van der Waals surface area (Å²) >= 11 is 0. The van der Waals surface area contributed by atoms with Gasteiger partial charge in [0.05, 0.1) is 6.07 Å². The second-order valence-corrected chi connectivity index (χ2v) is 5.60. The molecule has 2 unspecified atom stereocenters. The minimum Gasteiger partial charge on any atom is -0.326 e. The first kappa shape index (κ1) is 14.0. The largest absolute Gasteiger partial charge is 0.326 e. The average Bonchev–Trinajstić information content (AvgIpc) is 3.18. The number of hydrogen-bond acceptors (Lipinski definition) is 3. The maximum atomic E-state index is 8.84. The molecule has 1 aromatic carbocycles. The van der Waals surface area contributed by atoms with Gasteiger partial charge < -0.3 is 5.73 Å². The summed E-state index contributed by atoms with van der Waals surface area (Å²) in [5, 5.41) is 8.84. The Morgan fingerprint density at radius 1 is 1.47 bits per heavy atom. The molecule has 1 aliphatic carbocycles. The third-order valence-corrected chi connectivity index (χ3v) is 3.74. The van der Waals surface area contributed by atoms with Crippen LogP contribution in [0.4, 0.5) is 0 Å². The summed E-state index contributed by atoms with van der Waals surface area (Å²) in [5.74, 6) is 0. The molecule has 2 rings (SSSR count). The van der Waals surface area contributed by atoms with Gasteiger partial charge in [0.15, 0.2) is 0 Å². The Morgan fingerprint density at radius 2 is 2.21 bits per heavy atom. The molecule has 0 spiro atoms. The van der Waals surface area contributed by atoms with Gasteiger partial charge >= 0.3 is 0 Å². The van der Waals surface area contributed by atoms with Crippen LogP contribution >= 0.6 is 0 Å². The van der Waals surface area contributed by atoms with Crippen LogP contribution in [0.5, 0.6) is 0 Å². The fourth-order valence-electron chi connectivity index (χ4n) is 2.79. The second kappa shape index (κ2) is 6.18. The van der Waals surface area contributed by atoms with Gasteiger partial charge in [-0.3, -0.25) is 4.90 Å². The molecule has 0 radical (unpaired) electrons. The number of hydrogen-bond donors (Lipinski definition) is 1. The van der Waals surface area contributed by atoms with Crippen molar-refractivity contribution in [3.05, 3.63) is 35.4 Å². The lowest BCUT2D eigenvalue weighted by atomic mass is 9.97. The van der Waals surface area contributed by atoms with Crippen LogP contribution in [0, 0.1) is 18.3 Å². The molecule has 1 saturated carbocycles. The number of aryl methyl sites for hydroxylation is 1. The van der Waals surface area contributed by atoms with Crippen LogP contribution in [0.2, 0.25) is 0 Å². The molecule has 0 bridgehead atoms. The van der Waals surface area contributed by atoms with E-state index in [4.69, 9.17) is 11.0 Å². The number of nitriles is 1. The highest BCUT2D eigenvalue weighted by Gasteiger charge is 2.35. The van der Waals surface area contributed by atoms with Gasteiger partial charge in [0, 0.05) is 31.1 Å². The molecule has 3 heteroatoms. The monoisotopic (exact) mass is 257 g/mol. The molecule has 19 heavy (non-hydrogen) atoms. The molecule has 0 saturated heterocycles. The number of nitrogens with two attached hydrogens (primary N) is 1. The van der Waals surface area contributed by atoms with E-state index >= 15 is 0 Å². The van der Waals surface area contributed by atoms with Crippen molar-refractivity contribution in [3.8, 4) is 6.07 Å². The fourth-order valence-corrected chi connectivity index (χ4v) is 2.79. The van der Waals surface area contributed by atoms with E-state index in [0.717, 1.165) is 6.54 Å². The zero-order valence-corrected chi connectivity index (χ0v) is 11.8. The fraction of sp³-hybridized carbons (Fsp3) is 0.562. The van der Waals surface area contributed by atoms with Crippen LogP contribution in [0.25, 0.3) is 0 Å². The molecule has 0 heterocycles. The third-order valence-electron chi connectivity index (χ3n) is 3.74. The van der Waals surface area contributed by atoms with Crippen molar-refractivity contribution >= 4 is 0 Å². The molecule has 2 atom stereocenters. The van der Waals surface area contributed by atoms with Crippen LogP contribution in [0.15, 0.2) is 24.3 Å². The van der Waals surface area contributed by atoms with Gasteiger partial charge in [0.2, 0.25) is 0 Å². The van der Waals surface area contributed by atoms with Gasteiger partial charge in [-0.2, -0.15) is 5.26 Å². The van der Waals surface area contributed by atoms with E-state index in [-0.39, 0.29) is 12.1 Å². The van der Waals surface area contributed by atoms with Crippen molar-refractivity contribution in [2.24, 2.45) is 5.73 Å². The molecule has 1 aliphatic rings. The first-order valence-corrected chi connectivity index (χ1v) is 7.08. The summed E-state index contributed by atoms with van der Waals surface area (Å²) in [4.78, 5) is 2.43. The molecule has 0 aliphatic heterocycles. The van der Waals surface area contributed by atoms with E-state index in [1.54, 1.807) is 0 Å². The van der Waals surface area contributed by atoms with Crippen molar-refractivity contribution in [3.63, 3.8) is 0 Å². The normalized spacial score (nSPS) is 18.1. The molecule has 102 valence electrons. The highest BCUT2D eigenvalue weighted by Crippen LogP contribution is 2.36. The molecule has 1 fully saturated rings. The molecule has 0 aromatic heterocycles. The van der Waals surface area contributed by atoms with E-state index in [1.165, 1.54) is 24.0 Å². The lowest BCUT2D eigenvalue weighted by Crippen LogP contribution is -2.41. The standard InChI is InChI=1S/C16H23N3/c1-12-5-3-6-14(11-12)16(13(2)18)19(10-4-9-17)15-7-8-15/h3,5-6,11,13,15-16H,4,7-8,10,18H2,1-2H3. The number of rotatable bonds is 6. The van der Waals surface area contributed by atoms with Gasteiger partial charge in [-0.15, -0.1) is 0 Å². The quantitative estimate of drug-likeness (QED) is 0.852.